The van der Waals surface area contributed by atoms with Gasteiger partial charge in [-0.05, 0) is 38.0 Å². The predicted octanol–water partition coefficient (Wildman–Crippen LogP) is 3.42. The second-order valence-electron chi connectivity index (χ2n) is 4.98. The lowest BCUT2D eigenvalue weighted by Crippen LogP contribution is -2.05. The Morgan fingerprint density at radius 1 is 1.29 bits per heavy atom. The number of aryl methyl sites for hydroxylation is 2. The average Bonchev–Trinajstić information content (AvgIpc) is 2.42. The van der Waals surface area contributed by atoms with Gasteiger partial charge in [0.25, 0.3) is 5.69 Å². The molecule has 0 saturated heterocycles. The molecular weight excluding hydrogens is 270 g/mol. The van der Waals surface area contributed by atoms with Crippen molar-refractivity contribution < 1.29 is 9.66 Å². The van der Waals surface area contributed by atoms with Gasteiger partial charge >= 0.3 is 0 Å². The first-order valence-corrected chi connectivity index (χ1v) is 6.53. The molecule has 6 nitrogen and oxygen atoms in total. The molecule has 1 atom stereocenters. The zero-order valence-corrected chi connectivity index (χ0v) is 12.2. The summed E-state index contributed by atoms with van der Waals surface area (Å²) in [6, 6.07) is 6.64. The van der Waals surface area contributed by atoms with Gasteiger partial charge < -0.3 is 10.5 Å². The molecule has 110 valence electrons. The minimum absolute atomic E-state index is 0.0834. The minimum Gasteiger partial charge on any atom is -0.439 e. The molecule has 0 aliphatic carbocycles. The Hall–Kier alpha value is -2.47. The van der Waals surface area contributed by atoms with E-state index >= 15 is 0 Å². The van der Waals surface area contributed by atoms with Gasteiger partial charge in [0.05, 0.1) is 4.92 Å². The summed E-state index contributed by atoms with van der Waals surface area (Å²) in [5.41, 5.74) is 7.99. The van der Waals surface area contributed by atoms with Crippen LogP contribution in [0.2, 0.25) is 0 Å². The third-order valence-corrected chi connectivity index (χ3v) is 3.19. The molecule has 21 heavy (non-hydrogen) atoms. The van der Waals surface area contributed by atoms with Crippen LogP contribution in [0.5, 0.6) is 11.6 Å². The van der Waals surface area contributed by atoms with Gasteiger partial charge in [-0.15, -0.1) is 0 Å². The molecule has 6 heteroatoms. The van der Waals surface area contributed by atoms with Crippen LogP contribution in [-0.2, 0) is 0 Å². The summed E-state index contributed by atoms with van der Waals surface area (Å²) in [6.45, 7) is 5.32. The molecule has 1 heterocycles. The van der Waals surface area contributed by atoms with E-state index < -0.39 is 4.92 Å². The molecule has 2 rings (SSSR count). The second-order valence-corrected chi connectivity index (χ2v) is 4.98. The van der Waals surface area contributed by atoms with Gasteiger partial charge in [0, 0.05) is 29.9 Å². The summed E-state index contributed by atoms with van der Waals surface area (Å²) in [5, 5.41) is 10.9. The largest absolute Gasteiger partial charge is 0.439 e. The summed E-state index contributed by atoms with van der Waals surface area (Å²) >= 11 is 0. The first-order chi connectivity index (χ1) is 9.88. The molecule has 0 amide bonds. The summed E-state index contributed by atoms with van der Waals surface area (Å²) in [7, 11) is 0. The normalized spacial score (nSPS) is 12.0. The highest BCUT2D eigenvalue weighted by Crippen LogP contribution is 2.30. The highest BCUT2D eigenvalue weighted by Gasteiger charge is 2.14. The van der Waals surface area contributed by atoms with Crippen LogP contribution >= 0.6 is 0 Å². The molecule has 0 bridgehead atoms. The molecule has 0 radical (unpaired) electrons. The smallest absolute Gasteiger partial charge is 0.272 e. The van der Waals surface area contributed by atoms with Crippen LogP contribution in [0.3, 0.4) is 0 Å². The topological polar surface area (TPSA) is 91.3 Å². The fraction of sp³-hybridized carbons (Fsp3) is 0.267. The molecule has 0 aliphatic rings. The van der Waals surface area contributed by atoms with E-state index in [0.717, 1.165) is 5.56 Å². The number of pyridine rings is 1. The zero-order valence-electron chi connectivity index (χ0n) is 12.2. The highest BCUT2D eigenvalue weighted by atomic mass is 16.6. The molecule has 1 aromatic heterocycles. The van der Waals surface area contributed by atoms with Crippen LogP contribution in [0.15, 0.2) is 30.5 Å². The predicted molar refractivity (Wildman–Crippen MR) is 79.5 cm³/mol. The number of nitrogens with two attached hydrogens (primary N) is 1. The van der Waals surface area contributed by atoms with Crippen molar-refractivity contribution in [1.82, 2.24) is 4.98 Å². The highest BCUT2D eigenvalue weighted by molar-refractivity contribution is 5.50. The van der Waals surface area contributed by atoms with Gasteiger partial charge in [-0.1, -0.05) is 6.07 Å². The summed E-state index contributed by atoms with van der Waals surface area (Å²) < 4.78 is 5.68. The van der Waals surface area contributed by atoms with E-state index in [1.807, 2.05) is 13.0 Å². The number of aromatic nitrogens is 1. The third-order valence-electron chi connectivity index (χ3n) is 3.19. The summed E-state index contributed by atoms with van der Waals surface area (Å²) in [4.78, 5) is 14.7. The van der Waals surface area contributed by atoms with Crippen molar-refractivity contribution in [3.05, 3.63) is 57.3 Å². The number of hydrogen-bond donors (Lipinski definition) is 1. The quantitative estimate of drug-likeness (QED) is 0.687. The van der Waals surface area contributed by atoms with E-state index in [1.54, 1.807) is 32.2 Å². The lowest BCUT2D eigenvalue weighted by molar-refractivity contribution is -0.385. The van der Waals surface area contributed by atoms with Gasteiger partial charge in [0.2, 0.25) is 5.88 Å². The number of nitrogens with zero attached hydrogens (tertiary/aromatic N) is 2. The van der Waals surface area contributed by atoms with Crippen LogP contribution in [0.4, 0.5) is 5.69 Å². The Morgan fingerprint density at radius 3 is 2.52 bits per heavy atom. The van der Waals surface area contributed by atoms with Gasteiger partial charge in [-0.25, -0.2) is 4.98 Å². The molecule has 0 fully saturated rings. The van der Waals surface area contributed by atoms with Gasteiger partial charge in [-0.3, -0.25) is 10.1 Å². The van der Waals surface area contributed by atoms with Crippen LogP contribution in [0, 0.1) is 24.0 Å². The van der Waals surface area contributed by atoms with Crippen molar-refractivity contribution in [1.29, 1.82) is 0 Å². The molecule has 0 aliphatic heterocycles. The van der Waals surface area contributed by atoms with E-state index in [0.29, 0.717) is 22.8 Å². The zero-order chi connectivity index (χ0) is 15.6. The fourth-order valence-corrected chi connectivity index (χ4v) is 1.92. The standard InChI is InChI=1S/C15H17N3O3/c1-9-7-14(10(2)6-13(9)18(19)20)21-15-5-4-12(8-17-15)11(3)16/h4-8,11H,16H2,1-3H3. The molecule has 2 aromatic rings. The number of ether oxygens (including phenoxy) is 1. The summed E-state index contributed by atoms with van der Waals surface area (Å²) in [6.07, 6.45) is 1.66. The Kier molecular flexibility index (Phi) is 4.18. The maximum Gasteiger partial charge on any atom is 0.272 e. The Balaban J connectivity index is 2.27. The van der Waals surface area contributed by atoms with E-state index in [-0.39, 0.29) is 11.7 Å². The Bertz CT molecular complexity index is 667. The number of rotatable bonds is 4. The monoisotopic (exact) mass is 287 g/mol. The van der Waals surface area contributed by atoms with E-state index in [1.165, 1.54) is 6.07 Å². The molecule has 1 aromatic carbocycles. The number of nitro groups is 1. The summed E-state index contributed by atoms with van der Waals surface area (Å²) in [5.74, 6) is 0.981. The number of hydrogen-bond acceptors (Lipinski definition) is 5. The van der Waals surface area contributed by atoms with E-state index in [9.17, 15) is 10.1 Å². The third kappa shape index (κ3) is 3.35. The van der Waals surface area contributed by atoms with Gasteiger partial charge in [-0.2, -0.15) is 0 Å². The second kappa shape index (κ2) is 5.88. The van der Waals surface area contributed by atoms with E-state index in [4.69, 9.17) is 10.5 Å². The molecular formula is C15H17N3O3. The van der Waals surface area contributed by atoms with Gasteiger partial charge in [0.1, 0.15) is 5.75 Å². The first-order valence-electron chi connectivity index (χ1n) is 6.53. The van der Waals surface area contributed by atoms with Crippen molar-refractivity contribution in [3.63, 3.8) is 0 Å². The van der Waals surface area contributed by atoms with Gasteiger partial charge in [0.15, 0.2) is 0 Å². The van der Waals surface area contributed by atoms with Crippen LogP contribution in [0.25, 0.3) is 0 Å². The van der Waals surface area contributed by atoms with Crippen molar-refractivity contribution >= 4 is 5.69 Å². The molecule has 2 N–H and O–H groups in total. The van der Waals surface area contributed by atoms with Crippen LogP contribution in [0.1, 0.15) is 29.7 Å². The molecule has 1 unspecified atom stereocenters. The SMILES string of the molecule is Cc1cc([N+](=O)[O-])c(C)cc1Oc1ccc(C(C)N)cn1. The maximum atomic E-state index is 10.9. The van der Waals surface area contributed by atoms with Crippen molar-refractivity contribution in [2.45, 2.75) is 26.8 Å². The Labute approximate surface area is 122 Å². The van der Waals surface area contributed by atoms with Crippen molar-refractivity contribution in [2.24, 2.45) is 5.73 Å². The lowest BCUT2D eigenvalue weighted by atomic mass is 10.1. The number of benzene rings is 1. The van der Waals surface area contributed by atoms with Crippen LogP contribution < -0.4 is 10.5 Å². The molecule has 0 spiro atoms. The lowest BCUT2D eigenvalue weighted by Gasteiger charge is -2.10. The minimum atomic E-state index is -0.401. The van der Waals surface area contributed by atoms with Crippen molar-refractivity contribution in [3.8, 4) is 11.6 Å². The van der Waals surface area contributed by atoms with Crippen molar-refractivity contribution in [2.75, 3.05) is 0 Å². The van der Waals surface area contributed by atoms with Crippen LogP contribution in [-0.4, -0.2) is 9.91 Å². The molecule has 0 saturated carbocycles. The van der Waals surface area contributed by atoms with E-state index in [2.05, 4.69) is 4.98 Å². The fourth-order valence-electron chi connectivity index (χ4n) is 1.92. The maximum absolute atomic E-state index is 10.9. The average molecular weight is 287 g/mol. The first kappa shape index (κ1) is 14.9. The number of nitro benzene ring substituents is 1. The Morgan fingerprint density at radius 2 is 2.00 bits per heavy atom.